The number of carbonyl (C=O) groups excluding carboxylic acids is 2. The molecule has 0 unspecified atom stereocenters. The summed E-state index contributed by atoms with van der Waals surface area (Å²) < 4.78 is 4.64. The molecule has 0 heterocycles. The fourth-order valence-corrected chi connectivity index (χ4v) is 1.40. The minimum Gasteiger partial charge on any atom is -0.465 e. The quantitative estimate of drug-likeness (QED) is 0.628. The molecule has 0 spiro atoms. The molecule has 1 amide bonds. The lowest BCUT2D eigenvalue weighted by atomic mass is 10.0. The number of rotatable bonds is 3. The first-order chi connectivity index (χ1) is 7.95. The lowest BCUT2D eigenvalue weighted by molar-refractivity contribution is 0.0594. The van der Waals surface area contributed by atoms with Crippen molar-refractivity contribution in [2.45, 2.75) is 6.92 Å². The highest BCUT2D eigenvalue weighted by molar-refractivity contribution is 6.05. The standard InChI is InChI=1S/C12H16N2O3/c1-8-5-6-9(12(16)17-4)10(7-8)11(15)13-14(2)3/h5-7H,1-4H3,(H,13,15). The van der Waals surface area contributed by atoms with E-state index in [4.69, 9.17) is 0 Å². The summed E-state index contributed by atoms with van der Waals surface area (Å²) in [6.45, 7) is 1.85. The molecule has 0 bridgehead atoms. The number of benzene rings is 1. The van der Waals surface area contributed by atoms with Gasteiger partial charge in [0.05, 0.1) is 18.2 Å². The van der Waals surface area contributed by atoms with Crippen LogP contribution < -0.4 is 5.43 Å². The average Bonchev–Trinajstić information content (AvgIpc) is 2.27. The van der Waals surface area contributed by atoms with Crippen molar-refractivity contribution in [3.63, 3.8) is 0 Å². The molecular formula is C12H16N2O3. The lowest BCUT2D eigenvalue weighted by Gasteiger charge is -2.14. The van der Waals surface area contributed by atoms with E-state index in [-0.39, 0.29) is 11.5 Å². The van der Waals surface area contributed by atoms with Gasteiger partial charge in [-0.25, -0.2) is 9.80 Å². The molecule has 0 radical (unpaired) electrons. The Bertz CT molecular complexity index is 441. The topological polar surface area (TPSA) is 58.6 Å². The van der Waals surface area contributed by atoms with Crippen LogP contribution in [-0.4, -0.2) is 38.1 Å². The number of esters is 1. The van der Waals surface area contributed by atoms with E-state index in [2.05, 4.69) is 10.2 Å². The van der Waals surface area contributed by atoms with Crippen LogP contribution in [0.3, 0.4) is 0 Å². The Morgan fingerprint density at radius 1 is 1.24 bits per heavy atom. The molecule has 0 saturated carbocycles. The van der Waals surface area contributed by atoms with Crippen LogP contribution >= 0.6 is 0 Å². The van der Waals surface area contributed by atoms with Gasteiger partial charge in [0.2, 0.25) is 0 Å². The molecule has 0 saturated heterocycles. The molecular weight excluding hydrogens is 220 g/mol. The summed E-state index contributed by atoms with van der Waals surface area (Å²) in [5.74, 6) is -0.854. The second kappa shape index (κ2) is 5.45. The Hall–Kier alpha value is -1.88. The van der Waals surface area contributed by atoms with Crippen LogP contribution in [0.25, 0.3) is 0 Å². The van der Waals surface area contributed by atoms with Gasteiger partial charge in [0, 0.05) is 14.1 Å². The normalized spacial score (nSPS) is 10.2. The van der Waals surface area contributed by atoms with Gasteiger partial charge in [0.25, 0.3) is 5.91 Å². The highest BCUT2D eigenvalue weighted by Crippen LogP contribution is 2.13. The van der Waals surface area contributed by atoms with Crippen molar-refractivity contribution in [2.24, 2.45) is 0 Å². The lowest BCUT2D eigenvalue weighted by Crippen LogP contribution is -2.37. The number of aryl methyl sites for hydroxylation is 1. The van der Waals surface area contributed by atoms with Crippen LogP contribution in [0.15, 0.2) is 18.2 Å². The summed E-state index contributed by atoms with van der Waals surface area (Å²) in [6.07, 6.45) is 0. The van der Waals surface area contributed by atoms with Gasteiger partial charge in [0.1, 0.15) is 0 Å². The molecule has 92 valence electrons. The van der Waals surface area contributed by atoms with Crippen molar-refractivity contribution < 1.29 is 14.3 Å². The van der Waals surface area contributed by atoms with E-state index in [0.717, 1.165) is 5.56 Å². The molecule has 0 aromatic heterocycles. The molecule has 0 atom stereocenters. The molecule has 1 aromatic rings. The first kappa shape index (κ1) is 13.2. The smallest absolute Gasteiger partial charge is 0.338 e. The number of hydrogen-bond donors (Lipinski definition) is 1. The average molecular weight is 236 g/mol. The van der Waals surface area contributed by atoms with Crippen LogP contribution in [0, 0.1) is 6.92 Å². The zero-order valence-corrected chi connectivity index (χ0v) is 10.4. The van der Waals surface area contributed by atoms with E-state index in [0.29, 0.717) is 5.56 Å². The van der Waals surface area contributed by atoms with Gasteiger partial charge < -0.3 is 4.74 Å². The zero-order valence-electron chi connectivity index (χ0n) is 10.4. The van der Waals surface area contributed by atoms with Crippen LogP contribution in [0.4, 0.5) is 0 Å². The third kappa shape index (κ3) is 3.29. The summed E-state index contributed by atoms with van der Waals surface area (Å²) in [5.41, 5.74) is 4.07. The fraction of sp³-hybridized carbons (Fsp3) is 0.333. The van der Waals surface area contributed by atoms with E-state index < -0.39 is 5.97 Å². The van der Waals surface area contributed by atoms with Crippen molar-refractivity contribution in [1.29, 1.82) is 0 Å². The maximum atomic E-state index is 11.9. The van der Waals surface area contributed by atoms with E-state index in [1.54, 1.807) is 32.3 Å². The number of ether oxygens (including phenoxy) is 1. The SMILES string of the molecule is COC(=O)c1ccc(C)cc1C(=O)NN(C)C. The summed E-state index contributed by atoms with van der Waals surface area (Å²) in [6, 6.07) is 5.01. The predicted molar refractivity (Wildman–Crippen MR) is 63.7 cm³/mol. The molecule has 1 aromatic carbocycles. The summed E-state index contributed by atoms with van der Waals surface area (Å²) in [4.78, 5) is 23.4. The van der Waals surface area contributed by atoms with Crippen LogP contribution in [0.5, 0.6) is 0 Å². The molecule has 0 aliphatic carbocycles. The Balaban J connectivity index is 3.15. The van der Waals surface area contributed by atoms with Crippen molar-refractivity contribution in [1.82, 2.24) is 10.4 Å². The molecule has 5 heteroatoms. The number of hydrogen-bond acceptors (Lipinski definition) is 4. The Labute approximate surface area is 100 Å². The maximum Gasteiger partial charge on any atom is 0.338 e. The first-order valence-corrected chi connectivity index (χ1v) is 5.13. The van der Waals surface area contributed by atoms with Gasteiger partial charge in [-0.15, -0.1) is 0 Å². The van der Waals surface area contributed by atoms with Gasteiger partial charge in [-0.05, 0) is 19.1 Å². The number of hydrazine groups is 1. The van der Waals surface area contributed by atoms with E-state index in [1.807, 2.05) is 6.92 Å². The van der Waals surface area contributed by atoms with Crippen molar-refractivity contribution in [2.75, 3.05) is 21.2 Å². The van der Waals surface area contributed by atoms with Gasteiger partial charge in [-0.1, -0.05) is 11.6 Å². The van der Waals surface area contributed by atoms with Gasteiger partial charge in [-0.3, -0.25) is 10.2 Å². The third-order valence-corrected chi connectivity index (χ3v) is 2.15. The first-order valence-electron chi connectivity index (χ1n) is 5.13. The van der Waals surface area contributed by atoms with Gasteiger partial charge in [-0.2, -0.15) is 0 Å². The molecule has 0 fully saturated rings. The molecule has 5 nitrogen and oxygen atoms in total. The number of carbonyl (C=O) groups is 2. The largest absolute Gasteiger partial charge is 0.465 e. The Kier molecular flexibility index (Phi) is 4.23. The molecule has 0 aliphatic rings. The Morgan fingerprint density at radius 2 is 1.88 bits per heavy atom. The van der Waals surface area contributed by atoms with Gasteiger partial charge in [0.15, 0.2) is 0 Å². The molecule has 1 rings (SSSR count). The highest BCUT2D eigenvalue weighted by Gasteiger charge is 2.17. The van der Waals surface area contributed by atoms with Crippen molar-refractivity contribution in [3.8, 4) is 0 Å². The van der Waals surface area contributed by atoms with E-state index >= 15 is 0 Å². The van der Waals surface area contributed by atoms with Crippen LogP contribution in [0.2, 0.25) is 0 Å². The third-order valence-electron chi connectivity index (χ3n) is 2.15. The van der Waals surface area contributed by atoms with Crippen molar-refractivity contribution >= 4 is 11.9 Å². The zero-order chi connectivity index (χ0) is 13.0. The number of methoxy groups -OCH3 is 1. The second-order valence-electron chi connectivity index (χ2n) is 3.88. The number of nitrogens with one attached hydrogen (secondary N) is 1. The maximum absolute atomic E-state index is 11.9. The summed E-state index contributed by atoms with van der Waals surface area (Å²) in [7, 11) is 4.69. The monoisotopic (exact) mass is 236 g/mol. The molecule has 1 N–H and O–H groups in total. The van der Waals surface area contributed by atoms with Crippen molar-refractivity contribution in [3.05, 3.63) is 34.9 Å². The van der Waals surface area contributed by atoms with Gasteiger partial charge >= 0.3 is 5.97 Å². The highest BCUT2D eigenvalue weighted by atomic mass is 16.5. The molecule has 0 aliphatic heterocycles. The van der Waals surface area contributed by atoms with E-state index in [1.165, 1.54) is 12.1 Å². The minimum absolute atomic E-state index is 0.262. The fourth-order valence-electron chi connectivity index (χ4n) is 1.40. The predicted octanol–water partition coefficient (Wildman–Crippen LogP) is 0.988. The Morgan fingerprint density at radius 3 is 2.41 bits per heavy atom. The summed E-state index contributed by atoms with van der Waals surface area (Å²) in [5, 5.41) is 1.52. The summed E-state index contributed by atoms with van der Waals surface area (Å²) >= 11 is 0. The minimum atomic E-state index is -0.520. The van der Waals surface area contributed by atoms with Crippen LogP contribution in [-0.2, 0) is 4.74 Å². The second-order valence-corrected chi connectivity index (χ2v) is 3.88. The molecule has 17 heavy (non-hydrogen) atoms. The van der Waals surface area contributed by atoms with Crippen LogP contribution in [0.1, 0.15) is 26.3 Å². The van der Waals surface area contributed by atoms with E-state index in [9.17, 15) is 9.59 Å². The number of amides is 1. The number of nitrogens with zero attached hydrogens (tertiary/aromatic N) is 1.